The van der Waals surface area contributed by atoms with Crippen LogP contribution in [0.5, 0.6) is 0 Å². The van der Waals surface area contributed by atoms with Gasteiger partial charge in [0.2, 0.25) is 10.0 Å². The van der Waals surface area contributed by atoms with Gasteiger partial charge in [0, 0.05) is 26.2 Å². The van der Waals surface area contributed by atoms with Crippen LogP contribution in [0.3, 0.4) is 0 Å². The molecule has 1 heterocycles. The zero-order valence-corrected chi connectivity index (χ0v) is 17.6. The van der Waals surface area contributed by atoms with Crippen molar-refractivity contribution < 1.29 is 17.9 Å². The third-order valence-electron chi connectivity index (χ3n) is 4.66. The van der Waals surface area contributed by atoms with Gasteiger partial charge in [-0.05, 0) is 38.8 Å². The lowest BCUT2D eigenvalue weighted by Crippen LogP contribution is -2.47. The number of rotatable bonds is 7. The van der Waals surface area contributed by atoms with Crippen LogP contribution in [0.2, 0.25) is 0 Å². The number of hydrogen-bond acceptors (Lipinski definition) is 5. The van der Waals surface area contributed by atoms with E-state index in [2.05, 4.69) is 19.9 Å². The predicted molar refractivity (Wildman–Crippen MR) is 109 cm³/mol. The highest BCUT2D eigenvalue weighted by molar-refractivity contribution is 7.89. The molecule has 0 radical (unpaired) electrons. The molecule has 0 aromatic heterocycles. The first-order chi connectivity index (χ1) is 13.4. The number of methoxy groups -OCH3 is 1. The van der Waals surface area contributed by atoms with Crippen LogP contribution in [0.25, 0.3) is 0 Å². The lowest BCUT2D eigenvalue weighted by molar-refractivity contribution is -0.146. The van der Waals surface area contributed by atoms with E-state index in [1.54, 1.807) is 24.3 Å². The first kappa shape index (κ1) is 22.2. The van der Waals surface area contributed by atoms with E-state index in [0.29, 0.717) is 26.2 Å². The molecule has 0 saturated carbocycles. The summed E-state index contributed by atoms with van der Waals surface area (Å²) < 4.78 is 32.0. The number of aryl methyl sites for hydroxylation is 1. The van der Waals surface area contributed by atoms with Crippen molar-refractivity contribution in [1.29, 1.82) is 0 Å². The van der Waals surface area contributed by atoms with Crippen molar-refractivity contribution in [3.63, 3.8) is 0 Å². The quantitative estimate of drug-likeness (QED) is 0.302. The van der Waals surface area contributed by atoms with Crippen LogP contribution < -0.4 is 10.0 Å². The zero-order chi connectivity index (χ0) is 20.6. The highest BCUT2D eigenvalue weighted by Crippen LogP contribution is 2.18. The minimum absolute atomic E-state index is 0.0644. The molecule has 2 N–H and O–H groups in total. The number of hydrogen-bond donors (Lipinski definition) is 2. The number of esters is 1. The number of nitrogens with one attached hydrogen (secondary N) is 2. The van der Waals surface area contributed by atoms with Gasteiger partial charge in [-0.3, -0.25) is 9.79 Å². The molecule has 28 heavy (non-hydrogen) atoms. The van der Waals surface area contributed by atoms with E-state index >= 15 is 0 Å². The van der Waals surface area contributed by atoms with E-state index in [1.807, 2.05) is 13.8 Å². The maximum atomic E-state index is 12.3. The minimum atomic E-state index is -3.54. The predicted octanol–water partition coefficient (Wildman–Crippen LogP) is 1.12. The lowest BCUT2D eigenvalue weighted by atomic mass is 9.97. The number of benzene rings is 1. The molecule has 0 spiro atoms. The Morgan fingerprint density at radius 2 is 1.89 bits per heavy atom. The molecule has 9 heteroatoms. The van der Waals surface area contributed by atoms with E-state index in [0.717, 1.165) is 24.4 Å². The third kappa shape index (κ3) is 6.20. The number of sulfonamides is 1. The van der Waals surface area contributed by atoms with Crippen LogP contribution in [0, 0.1) is 12.8 Å². The average molecular weight is 411 g/mol. The second-order valence-electron chi connectivity index (χ2n) is 6.73. The second kappa shape index (κ2) is 10.4. The summed E-state index contributed by atoms with van der Waals surface area (Å²) in [6, 6.07) is 6.73. The number of likely N-dealkylation sites (tertiary alicyclic amines) is 1. The molecule has 1 aromatic carbocycles. The molecule has 2 rings (SSSR count). The van der Waals surface area contributed by atoms with Gasteiger partial charge in [0.05, 0.1) is 24.5 Å². The molecule has 0 bridgehead atoms. The van der Waals surface area contributed by atoms with Gasteiger partial charge in [-0.25, -0.2) is 13.1 Å². The normalized spacial score (nSPS) is 16.1. The molecule has 156 valence electrons. The fourth-order valence-corrected chi connectivity index (χ4v) is 4.08. The highest BCUT2D eigenvalue weighted by Gasteiger charge is 2.26. The fraction of sp³-hybridized carbons (Fsp3) is 0.579. The van der Waals surface area contributed by atoms with Crippen molar-refractivity contribution >= 4 is 22.0 Å². The monoisotopic (exact) mass is 410 g/mol. The Bertz CT molecular complexity index is 770. The Balaban J connectivity index is 1.89. The van der Waals surface area contributed by atoms with Gasteiger partial charge >= 0.3 is 5.97 Å². The summed E-state index contributed by atoms with van der Waals surface area (Å²) in [5, 5.41) is 3.23. The molecule has 1 aliphatic rings. The van der Waals surface area contributed by atoms with Gasteiger partial charge in [0.15, 0.2) is 5.96 Å². The van der Waals surface area contributed by atoms with Crippen LogP contribution >= 0.6 is 0 Å². The van der Waals surface area contributed by atoms with Crippen LogP contribution in [0.15, 0.2) is 34.2 Å². The lowest BCUT2D eigenvalue weighted by Gasteiger charge is -2.33. The van der Waals surface area contributed by atoms with E-state index in [9.17, 15) is 13.2 Å². The maximum Gasteiger partial charge on any atom is 0.308 e. The van der Waals surface area contributed by atoms with Crippen LogP contribution in [0.1, 0.15) is 25.3 Å². The molecule has 0 amide bonds. The van der Waals surface area contributed by atoms with Crippen molar-refractivity contribution in [3.05, 3.63) is 29.8 Å². The summed E-state index contributed by atoms with van der Waals surface area (Å²) >= 11 is 0. The van der Waals surface area contributed by atoms with Crippen LogP contribution in [-0.4, -0.2) is 65.1 Å². The third-order valence-corrected chi connectivity index (χ3v) is 6.14. The van der Waals surface area contributed by atoms with Gasteiger partial charge in [0.25, 0.3) is 0 Å². The van der Waals surface area contributed by atoms with Crippen molar-refractivity contribution in [1.82, 2.24) is 14.9 Å². The summed E-state index contributed by atoms with van der Waals surface area (Å²) in [4.78, 5) is 18.5. The second-order valence-corrected chi connectivity index (χ2v) is 8.50. The molecule has 1 fully saturated rings. The van der Waals surface area contributed by atoms with Crippen molar-refractivity contribution in [2.75, 3.05) is 39.8 Å². The number of ether oxygens (including phenoxy) is 1. The van der Waals surface area contributed by atoms with Gasteiger partial charge in [-0.1, -0.05) is 17.7 Å². The number of carbonyl (C=O) groups is 1. The van der Waals surface area contributed by atoms with Crippen molar-refractivity contribution in [2.24, 2.45) is 10.9 Å². The SMILES string of the molecule is CCNC(=NCCNS(=O)(=O)c1ccc(C)cc1)N1CCC(C(=O)OC)CC1. The molecule has 1 aromatic rings. The Kier molecular flexibility index (Phi) is 8.25. The van der Waals surface area contributed by atoms with E-state index in [1.165, 1.54) is 7.11 Å². The summed E-state index contributed by atoms with van der Waals surface area (Å²) in [6.07, 6.45) is 1.44. The molecule has 8 nitrogen and oxygen atoms in total. The smallest absolute Gasteiger partial charge is 0.308 e. The zero-order valence-electron chi connectivity index (χ0n) is 16.8. The molecule has 0 aliphatic carbocycles. The minimum Gasteiger partial charge on any atom is -0.469 e. The summed E-state index contributed by atoms with van der Waals surface area (Å²) in [6.45, 7) is 6.56. The van der Waals surface area contributed by atoms with Gasteiger partial charge in [0.1, 0.15) is 0 Å². The number of nitrogens with zero attached hydrogens (tertiary/aromatic N) is 2. The number of piperidine rings is 1. The summed E-state index contributed by atoms with van der Waals surface area (Å²) in [5.41, 5.74) is 1.01. The molecule has 1 aliphatic heterocycles. The van der Waals surface area contributed by atoms with Crippen molar-refractivity contribution in [2.45, 2.75) is 31.6 Å². The Morgan fingerprint density at radius 3 is 2.46 bits per heavy atom. The number of aliphatic imine (C=N–C) groups is 1. The van der Waals surface area contributed by atoms with Gasteiger partial charge in [-0.2, -0.15) is 0 Å². The Hall–Kier alpha value is -2.13. The molecular weight excluding hydrogens is 380 g/mol. The standard InChI is InChI=1S/C19H30N4O4S/c1-4-20-19(23-13-9-16(10-14-23)18(24)27-3)21-11-12-22-28(25,26)17-7-5-15(2)6-8-17/h5-8,16,22H,4,9-14H2,1-3H3,(H,20,21). The first-order valence-electron chi connectivity index (χ1n) is 9.54. The van der Waals surface area contributed by atoms with E-state index < -0.39 is 10.0 Å². The van der Waals surface area contributed by atoms with E-state index in [-0.39, 0.29) is 23.3 Å². The fourth-order valence-electron chi connectivity index (χ4n) is 3.06. The van der Waals surface area contributed by atoms with Gasteiger partial charge in [-0.15, -0.1) is 0 Å². The molecular formula is C19H30N4O4S. The highest BCUT2D eigenvalue weighted by atomic mass is 32.2. The summed E-state index contributed by atoms with van der Waals surface area (Å²) in [5.74, 6) is 0.512. The topological polar surface area (TPSA) is 100 Å². The van der Waals surface area contributed by atoms with E-state index in [4.69, 9.17) is 4.74 Å². The number of guanidine groups is 1. The Labute approximate surface area is 167 Å². The summed E-state index contributed by atoms with van der Waals surface area (Å²) in [7, 11) is -2.12. The van der Waals surface area contributed by atoms with Gasteiger partial charge < -0.3 is 15.0 Å². The molecule has 0 atom stereocenters. The number of carbonyl (C=O) groups excluding carboxylic acids is 1. The molecule has 1 saturated heterocycles. The largest absolute Gasteiger partial charge is 0.469 e. The molecule has 0 unspecified atom stereocenters. The average Bonchev–Trinajstić information content (AvgIpc) is 2.70. The maximum absolute atomic E-state index is 12.3. The first-order valence-corrected chi connectivity index (χ1v) is 11.0. The van der Waals surface area contributed by atoms with Crippen molar-refractivity contribution in [3.8, 4) is 0 Å². The van der Waals surface area contributed by atoms with Crippen LogP contribution in [0.4, 0.5) is 0 Å². The Morgan fingerprint density at radius 1 is 1.25 bits per heavy atom. The van der Waals surface area contributed by atoms with Crippen LogP contribution in [-0.2, 0) is 19.6 Å².